The Bertz CT molecular complexity index is 801. The Kier molecular flexibility index (Phi) is 33.3. The number of carboxylic acids is 4. The van der Waals surface area contributed by atoms with Crippen LogP contribution in [0, 0.1) is 0 Å². The number of hydrogen-bond acceptors (Lipinski definition) is 12. The maximum Gasteiger partial charge on any atom is 1.00 e. The molecule has 18 nitrogen and oxygen atoms in total. The molecule has 1 saturated heterocycles. The van der Waals surface area contributed by atoms with Crippen LogP contribution >= 0.6 is 0 Å². The average molecular weight is 612 g/mol. The fourth-order valence-corrected chi connectivity index (χ4v) is 3.32. The smallest absolute Gasteiger partial charge is 1.00 e. The van der Waals surface area contributed by atoms with Gasteiger partial charge in [0.15, 0.2) is 0 Å². The van der Waals surface area contributed by atoms with E-state index in [1.54, 1.807) is 0 Å². The second kappa shape index (κ2) is 29.4. The first-order valence-corrected chi connectivity index (χ1v) is 12.3. The molecule has 236 valence electrons. The number of carbonyl (C=O) groups excluding carboxylic acids is 2. The minimum atomic E-state index is -2.22. The van der Waals surface area contributed by atoms with Crippen LogP contribution in [0.5, 0.6) is 0 Å². The minimum absolute atomic E-state index is 0. The van der Waals surface area contributed by atoms with Crippen molar-refractivity contribution in [2.75, 3.05) is 79.0 Å². The molecule has 0 radical (unpaired) electrons. The second-order valence-corrected chi connectivity index (χ2v) is 8.34. The van der Waals surface area contributed by atoms with Crippen molar-refractivity contribution in [2.24, 2.45) is 0 Å². The Morgan fingerprint density at radius 2 is 1.07 bits per heavy atom. The van der Waals surface area contributed by atoms with E-state index in [2.05, 4.69) is 5.32 Å². The number of amides is 2. The third kappa shape index (κ3) is 22.5. The van der Waals surface area contributed by atoms with E-state index in [1.807, 2.05) is 10.6 Å². The number of nitrogens with one attached hydrogen (secondary N) is 3. The number of rotatable bonds is 10. The summed E-state index contributed by atoms with van der Waals surface area (Å²) in [5.74, 6) is -9.18. The molecule has 0 aromatic rings. The van der Waals surface area contributed by atoms with Crippen molar-refractivity contribution < 1.29 is 149 Å². The van der Waals surface area contributed by atoms with E-state index in [0.717, 1.165) is 0 Å². The van der Waals surface area contributed by atoms with E-state index in [0.29, 0.717) is 26.3 Å². The molecular formula is C22H40Li4N4O14. The van der Waals surface area contributed by atoms with Crippen molar-refractivity contribution in [3.05, 3.63) is 0 Å². The fraction of sp³-hybridized carbons (Fsp3) is 0.727. The van der Waals surface area contributed by atoms with Crippen LogP contribution in [0.15, 0.2) is 0 Å². The van der Waals surface area contributed by atoms with Crippen molar-refractivity contribution >= 4 is 35.7 Å². The average Bonchev–Trinajstić information content (AvgIpc) is 2.87. The molecule has 1 aliphatic rings. The first-order chi connectivity index (χ1) is 19.0. The van der Waals surface area contributed by atoms with Crippen LogP contribution in [0.1, 0.15) is 12.1 Å². The van der Waals surface area contributed by atoms with Crippen molar-refractivity contribution in [1.82, 2.24) is 20.9 Å². The molecule has 0 bridgehead atoms. The minimum Gasteiger partial charge on any atom is -1.00 e. The van der Waals surface area contributed by atoms with Crippen LogP contribution in [0.4, 0.5) is 0 Å². The summed E-state index contributed by atoms with van der Waals surface area (Å²) in [7, 11) is 0. The first kappa shape index (κ1) is 49.8. The molecule has 22 heteroatoms. The van der Waals surface area contributed by atoms with E-state index < -0.39 is 66.8 Å². The van der Waals surface area contributed by atoms with Gasteiger partial charge in [-0.3, -0.25) is 14.5 Å². The van der Waals surface area contributed by atoms with Crippen molar-refractivity contribution in [1.29, 1.82) is 0 Å². The van der Waals surface area contributed by atoms with Crippen LogP contribution in [0.3, 0.4) is 0 Å². The van der Waals surface area contributed by atoms with Crippen LogP contribution < -0.4 is 91.4 Å². The Labute approximate surface area is 308 Å². The summed E-state index contributed by atoms with van der Waals surface area (Å²) in [6.45, 7) is 1.84. The third-order valence-electron chi connectivity index (χ3n) is 5.31. The summed E-state index contributed by atoms with van der Waals surface area (Å²) in [6.07, 6.45) is -0.528. The number of carbonyl (C=O) groups is 6. The van der Waals surface area contributed by atoms with Gasteiger partial charge in [-0.25, -0.2) is 19.2 Å². The van der Waals surface area contributed by atoms with E-state index >= 15 is 0 Å². The van der Waals surface area contributed by atoms with Gasteiger partial charge >= 0.3 is 99.3 Å². The molecule has 0 spiro atoms. The number of aliphatic carboxylic acids is 4. The molecule has 1 aliphatic heterocycles. The van der Waals surface area contributed by atoms with Gasteiger partial charge in [-0.2, -0.15) is 0 Å². The van der Waals surface area contributed by atoms with Gasteiger partial charge in [0.1, 0.15) is 0 Å². The molecule has 2 amide bonds. The predicted octanol–water partition coefficient (Wildman–Crippen LogP) is -15.5. The second-order valence-electron chi connectivity index (χ2n) is 8.34. The van der Waals surface area contributed by atoms with Crippen LogP contribution in [-0.2, 0) is 47.7 Å². The zero-order chi connectivity index (χ0) is 29.9. The Hall–Kier alpha value is -1.03. The van der Waals surface area contributed by atoms with Gasteiger partial charge in [0, 0.05) is 32.1 Å². The van der Waals surface area contributed by atoms with Crippen molar-refractivity contribution in [3.8, 4) is 0 Å². The zero-order valence-corrected chi connectivity index (χ0v) is 25.7. The summed E-state index contributed by atoms with van der Waals surface area (Å²) in [6, 6.07) is -5.41. The molecule has 0 aromatic heterocycles. The van der Waals surface area contributed by atoms with Crippen LogP contribution in [-0.4, -0.2) is 158 Å². The molecule has 1 rings (SSSR count). The quantitative estimate of drug-likeness (QED) is 0.0892. The largest absolute Gasteiger partial charge is 1.00 e. The summed E-state index contributed by atoms with van der Waals surface area (Å²) in [5, 5.41) is 43.1. The molecular weight excluding hydrogens is 572 g/mol. The van der Waals surface area contributed by atoms with Crippen LogP contribution in [0.25, 0.3) is 0 Å². The Balaban J connectivity index is -0.000000333. The predicted molar refractivity (Wildman–Crippen MR) is 135 cm³/mol. The monoisotopic (exact) mass is 612 g/mol. The van der Waals surface area contributed by atoms with E-state index in [1.165, 1.54) is 4.90 Å². The maximum atomic E-state index is 12.6. The number of nitrogens with zero attached hydrogens (tertiary/aromatic N) is 1. The molecule has 44 heavy (non-hydrogen) atoms. The van der Waals surface area contributed by atoms with Gasteiger partial charge in [0.25, 0.3) is 0 Å². The molecule has 0 aliphatic carbocycles. The van der Waals surface area contributed by atoms with E-state index in [9.17, 15) is 28.8 Å². The van der Waals surface area contributed by atoms with Gasteiger partial charge in [-0.05, 0) is 0 Å². The third-order valence-corrected chi connectivity index (χ3v) is 5.31. The van der Waals surface area contributed by atoms with Crippen LogP contribution in [0.2, 0.25) is 0 Å². The van der Waals surface area contributed by atoms with Gasteiger partial charge in [0.05, 0.1) is 59.4 Å². The first-order valence-electron chi connectivity index (χ1n) is 12.3. The molecule has 1 unspecified atom stereocenters. The topological polar surface area (TPSA) is 260 Å². The Morgan fingerprint density at radius 1 is 0.659 bits per heavy atom. The van der Waals surface area contributed by atoms with Crippen molar-refractivity contribution in [3.63, 3.8) is 0 Å². The molecule has 1 fully saturated rings. The number of ether oxygens (including phenoxy) is 4. The summed E-state index contributed by atoms with van der Waals surface area (Å²) in [4.78, 5) is 71.2. The molecule has 7 N–H and O–H groups in total. The molecule has 0 saturated carbocycles. The molecule has 0 aromatic carbocycles. The van der Waals surface area contributed by atoms with Gasteiger partial charge in [-0.15, -0.1) is 0 Å². The molecule has 1 heterocycles. The molecule has 1 atom stereocenters. The number of carboxylic acid groups (broad SMARTS) is 4. The van der Waals surface area contributed by atoms with Gasteiger partial charge < -0.3 is 61.0 Å². The van der Waals surface area contributed by atoms with E-state index in [4.69, 9.17) is 39.4 Å². The normalized spacial score (nSPS) is 17.5. The standard InChI is InChI=1S/C22H36N4O14.4Li.4H/c27-15(24-17(19(29)30)20(31)32)11-14-13-40-10-9-38-5-2-23-1-4-37-7-8-39-6-3-26(14)12-16(28)25-18(21(33)34)22(35)36;;;;;;;;/h14,17-18,23H,1-13H2,(H,24,27)(H,25,28)(H,29,30)(H,31,32)(H,33,34)(H,35,36);;;;;;;;/q;4*+1;4*-1. The zero-order valence-electron chi connectivity index (χ0n) is 29.7. The fourth-order valence-electron chi connectivity index (χ4n) is 3.32. The number of hydrogen-bond donors (Lipinski definition) is 7. The Morgan fingerprint density at radius 3 is 1.52 bits per heavy atom. The summed E-state index contributed by atoms with van der Waals surface area (Å²) < 4.78 is 21.9. The van der Waals surface area contributed by atoms with E-state index in [-0.39, 0.29) is 127 Å². The summed E-state index contributed by atoms with van der Waals surface area (Å²) >= 11 is 0. The SMILES string of the molecule is O=C(CC1COCCOCCNCCOCCOCCN1CC(=O)NC(C(=O)O)C(=O)O)NC(C(=O)O)C(=O)O.[H-].[H-].[H-].[H-].[Li+].[Li+].[Li+].[Li+]. The summed E-state index contributed by atoms with van der Waals surface area (Å²) in [5.41, 5.74) is 0. The van der Waals surface area contributed by atoms with Gasteiger partial charge in [-0.1, -0.05) is 0 Å². The van der Waals surface area contributed by atoms with Crippen molar-refractivity contribution in [2.45, 2.75) is 24.5 Å². The maximum absolute atomic E-state index is 12.6. The van der Waals surface area contributed by atoms with Gasteiger partial charge in [0.2, 0.25) is 23.9 Å².